The van der Waals surface area contributed by atoms with Crippen molar-refractivity contribution in [1.29, 1.82) is 0 Å². The lowest BCUT2D eigenvalue weighted by molar-refractivity contribution is -0.138. The summed E-state index contributed by atoms with van der Waals surface area (Å²) in [5.74, 6) is -1.74. The van der Waals surface area contributed by atoms with Crippen LogP contribution in [0.4, 0.5) is 23.2 Å². The van der Waals surface area contributed by atoms with Crippen LogP contribution in [0.2, 0.25) is 0 Å². The molecule has 2 amide bonds. The number of piperidine rings is 1. The number of nitrogens with zero attached hydrogens (tertiary/aromatic N) is 1. The van der Waals surface area contributed by atoms with Crippen LogP contribution in [0, 0.1) is 11.7 Å². The molecule has 0 aliphatic carbocycles. The molecule has 0 saturated carbocycles. The highest BCUT2D eigenvalue weighted by molar-refractivity contribution is 5.93. The fraction of sp³-hybridized carbons (Fsp3) is 0.364. The van der Waals surface area contributed by atoms with Gasteiger partial charge < -0.3 is 15.0 Å². The zero-order valence-electron chi connectivity index (χ0n) is 16.6. The van der Waals surface area contributed by atoms with Gasteiger partial charge in [-0.1, -0.05) is 18.2 Å². The summed E-state index contributed by atoms with van der Waals surface area (Å²) in [6, 6.07) is 10.9. The molecule has 1 atom stereocenters. The molecule has 0 aromatic heterocycles. The van der Waals surface area contributed by atoms with Gasteiger partial charge in [-0.3, -0.25) is 9.59 Å². The van der Waals surface area contributed by atoms with Gasteiger partial charge in [0.1, 0.15) is 11.6 Å². The monoisotopic (exact) mass is 438 g/mol. The Morgan fingerprint density at radius 1 is 1.13 bits per heavy atom. The number of halogens is 4. The molecular formula is C22H22F4N2O3. The predicted molar refractivity (Wildman–Crippen MR) is 106 cm³/mol. The lowest BCUT2D eigenvalue weighted by atomic mass is 9.96. The smallest absolute Gasteiger partial charge is 0.416 e. The normalized spacial score (nSPS) is 16.6. The van der Waals surface area contributed by atoms with Crippen LogP contribution >= 0.6 is 0 Å². The van der Waals surface area contributed by atoms with Gasteiger partial charge in [-0.25, -0.2) is 4.39 Å². The van der Waals surface area contributed by atoms with E-state index in [4.69, 9.17) is 4.74 Å². The van der Waals surface area contributed by atoms with Crippen molar-refractivity contribution in [2.75, 3.05) is 25.0 Å². The van der Waals surface area contributed by atoms with Gasteiger partial charge in [0.2, 0.25) is 11.8 Å². The molecule has 1 heterocycles. The highest BCUT2D eigenvalue weighted by Gasteiger charge is 2.32. The first-order chi connectivity index (χ1) is 14.7. The molecule has 1 unspecified atom stereocenters. The van der Waals surface area contributed by atoms with Gasteiger partial charge in [0.15, 0.2) is 0 Å². The van der Waals surface area contributed by atoms with E-state index in [9.17, 15) is 27.2 Å². The van der Waals surface area contributed by atoms with Gasteiger partial charge in [-0.05, 0) is 43.2 Å². The van der Waals surface area contributed by atoms with Gasteiger partial charge >= 0.3 is 6.18 Å². The van der Waals surface area contributed by atoms with Crippen LogP contribution in [0.3, 0.4) is 0 Å². The third-order valence-electron chi connectivity index (χ3n) is 5.02. The van der Waals surface area contributed by atoms with E-state index in [1.807, 2.05) is 18.2 Å². The van der Waals surface area contributed by atoms with E-state index in [1.54, 1.807) is 12.1 Å². The lowest BCUT2D eigenvalue weighted by Gasteiger charge is -2.32. The van der Waals surface area contributed by atoms with Crippen molar-refractivity contribution < 1.29 is 31.9 Å². The maximum absolute atomic E-state index is 13.9. The first kappa shape index (κ1) is 22.6. The van der Waals surface area contributed by atoms with E-state index < -0.39 is 35.1 Å². The Morgan fingerprint density at radius 3 is 2.58 bits per heavy atom. The molecule has 1 saturated heterocycles. The number of alkyl halides is 3. The standard InChI is InChI=1S/C22H22F4N2O3/c23-18-9-8-16(22(24,25)26)13-19(18)27-21(30)15-5-4-11-28(14-15)20(29)10-12-31-17-6-2-1-3-7-17/h1-3,6-9,13,15H,4-5,10-12,14H2,(H,27,30). The largest absolute Gasteiger partial charge is 0.493 e. The molecule has 0 spiro atoms. The van der Waals surface area contributed by atoms with Gasteiger partial charge in [-0.2, -0.15) is 13.2 Å². The number of ether oxygens (including phenoxy) is 1. The summed E-state index contributed by atoms with van der Waals surface area (Å²) < 4.78 is 58.0. The summed E-state index contributed by atoms with van der Waals surface area (Å²) in [6.07, 6.45) is -3.50. The Morgan fingerprint density at radius 2 is 1.87 bits per heavy atom. The van der Waals surface area contributed by atoms with Gasteiger partial charge in [-0.15, -0.1) is 0 Å². The molecule has 3 rings (SSSR count). The number of carbonyl (C=O) groups is 2. The number of carbonyl (C=O) groups excluding carboxylic acids is 2. The fourth-order valence-corrected chi connectivity index (χ4v) is 3.38. The highest BCUT2D eigenvalue weighted by Crippen LogP contribution is 2.32. The molecular weight excluding hydrogens is 416 g/mol. The zero-order chi connectivity index (χ0) is 22.4. The second-order valence-corrected chi connectivity index (χ2v) is 7.27. The lowest BCUT2D eigenvalue weighted by Crippen LogP contribution is -2.44. The summed E-state index contributed by atoms with van der Waals surface area (Å²) in [4.78, 5) is 26.5. The molecule has 5 nitrogen and oxygen atoms in total. The number of amides is 2. The Kier molecular flexibility index (Phi) is 7.14. The predicted octanol–water partition coefficient (Wildman–Crippen LogP) is 4.49. The minimum absolute atomic E-state index is 0.122. The van der Waals surface area contributed by atoms with Gasteiger partial charge in [0.25, 0.3) is 0 Å². The third-order valence-corrected chi connectivity index (χ3v) is 5.02. The number of hydrogen-bond donors (Lipinski definition) is 1. The van der Waals surface area contributed by atoms with Crippen molar-refractivity contribution in [3.63, 3.8) is 0 Å². The average Bonchev–Trinajstić information content (AvgIpc) is 2.75. The number of rotatable bonds is 6. The number of benzene rings is 2. The van der Waals surface area contributed by atoms with Crippen LogP contribution in [0.1, 0.15) is 24.8 Å². The first-order valence-electron chi connectivity index (χ1n) is 9.87. The average molecular weight is 438 g/mol. The maximum atomic E-state index is 13.9. The zero-order valence-corrected chi connectivity index (χ0v) is 16.6. The molecule has 1 fully saturated rings. The molecule has 1 aliphatic rings. The number of para-hydroxylation sites is 1. The summed E-state index contributed by atoms with van der Waals surface area (Å²) >= 11 is 0. The second kappa shape index (κ2) is 9.80. The molecule has 9 heteroatoms. The number of nitrogens with one attached hydrogen (secondary N) is 1. The van der Waals surface area contributed by atoms with Gasteiger partial charge in [0.05, 0.1) is 30.2 Å². The van der Waals surface area contributed by atoms with Crippen LogP contribution in [-0.4, -0.2) is 36.4 Å². The van der Waals surface area contributed by atoms with E-state index in [1.165, 1.54) is 4.90 Å². The number of anilines is 1. The van der Waals surface area contributed by atoms with E-state index in [0.29, 0.717) is 43.3 Å². The molecule has 0 bridgehead atoms. The van der Waals surface area contributed by atoms with Crippen molar-refractivity contribution in [2.45, 2.75) is 25.4 Å². The SMILES string of the molecule is O=C(Nc1cc(C(F)(F)F)ccc1F)C1CCCN(C(=O)CCOc2ccccc2)C1. The van der Waals surface area contributed by atoms with E-state index in [0.717, 1.165) is 0 Å². The molecule has 2 aromatic carbocycles. The summed E-state index contributed by atoms with van der Waals surface area (Å²) in [5, 5.41) is 2.24. The maximum Gasteiger partial charge on any atom is 0.416 e. The van der Waals surface area contributed by atoms with Crippen LogP contribution in [0.5, 0.6) is 5.75 Å². The quantitative estimate of drug-likeness (QED) is 0.676. The first-order valence-corrected chi connectivity index (χ1v) is 9.87. The van der Waals surface area contributed by atoms with Crippen molar-refractivity contribution >= 4 is 17.5 Å². The Balaban J connectivity index is 1.55. The fourth-order valence-electron chi connectivity index (χ4n) is 3.38. The Hall–Kier alpha value is -3.10. The molecule has 0 radical (unpaired) electrons. The van der Waals surface area contributed by atoms with Crippen LogP contribution < -0.4 is 10.1 Å². The highest BCUT2D eigenvalue weighted by atomic mass is 19.4. The Labute approximate surface area is 177 Å². The Bertz CT molecular complexity index is 919. The number of likely N-dealkylation sites (tertiary alicyclic amines) is 1. The second-order valence-electron chi connectivity index (χ2n) is 7.27. The molecule has 31 heavy (non-hydrogen) atoms. The van der Waals surface area contributed by atoms with Crippen molar-refractivity contribution in [2.24, 2.45) is 5.92 Å². The third kappa shape index (κ3) is 6.19. The van der Waals surface area contributed by atoms with Crippen LogP contribution in [-0.2, 0) is 15.8 Å². The van der Waals surface area contributed by atoms with E-state index in [-0.39, 0.29) is 25.5 Å². The molecule has 2 aromatic rings. The topological polar surface area (TPSA) is 58.6 Å². The van der Waals surface area contributed by atoms with Crippen LogP contribution in [0.25, 0.3) is 0 Å². The molecule has 166 valence electrons. The van der Waals surface area contributed by atoms with E-state index >= 15 is 0 Å². The molecule has 1 aliphatic heterocycles. The van der Waals surface area contributed by atoms with Crippen molar-refractivity contribution in [1.82, 2.24) is 4.90 Å². The van der Waals surface area contributed by atoms with Crippen molar-refractivity contribution in [3.05, 3.63) is 59.9 Å². The summed E-state index contributed by atoms with van der Waals surface area (Å²) in [5.41, 5.74) is -1.58. The van der Waals surface area contributed by atoms with Gasteiger partial charge in [0, 0.05) is 13.1 Å². The summed E-state index contributed by atoms with van der Waals surface area (Å²) in [7, 11) is 0. The van der Waals surface area contributed by atoms with Crippen LogP contribution in [0.15, 0.2) is 48.5 Å². The molecule has 1 N–H and O–H groups in total. The number of hydrogen-bond acceptors (Lipinski definition) is 3. The van der Waals surface area contributed by atoms with Crippen molar-refractivity contribution in [3.8, 4) is 5.75 Å². The summed E-state index contributed by atoms with van der Waals surface area (Å²) in [6.45, 7) is 0.786. The minimum Gasteiger partial charge on any atom is -0.493 e. The minimum atomic E-state index is -4.65. The van der Waals surface area contributed by atoms with E-state index in [2.05, 4.69) is 5.32 Å².